The van der Waals surface area contributed by atoms with Crippen LogP contribution in [0.4, 0.5) is 0 Å². The van der Waals surface area contributed by atoms with E-state index in [1.165, 1.54) is 13.8 Å². The third-order valence-corrected chi connectivity index (χ3v) is 3.14. The predicted molar refractivity (Wildman–Crippen MR) is 46.1 cm³/mol. The van der Waals surface area contributed by atoms with E-state index in [0.29, 0.717) is 0 Å². The van der Waals surface area contributed by atoms with Gasteiger partial charge in [-0.25, -0.2) is 0 Å². The normalized spacial score (nSPS) is 41.1. The van der Waals surface area contributed by atoms with Crippen LogP contribution >= 0.6 is 0 Å². The van der Waals surface area contributed by atoms with Gasteiger partial charge in [0.1, 0.15) is 0 Å². The summed E-state index contributed by atoms with van der Waals surface area (Å²) in [6, 6.07) is 0. The van der Waals surface area contributed by atoms with Crippen molar-refractivity contribution >= 4 is 11.9 Å². The zero-order valence-electron chi connectivity index (χ0n) is 8.78. The molecule has 1 aliphatic carbocycles. The molecule has 0 aromatic rings. The van der Waals surface area contributed by atoms with Gasteiger partial charge in [0.05, 0.1) is 6.10 Å². The number of carboxylic acids is 2. The molecule has 15 heavy (non-hydrogen) atoms. The SMILES string of the molecule is CC1(C(=O)[O-])CC(O)CC(C)(C(=O)[O-])C1. The van der Waals surface area contributed by atoms with Crippen LogP contribution in [-0.2, 0) is 9.59 Å². The molecule has 0 heterocycles. The van der Waals surface area contributed by atoms with Crippen LogP contribution in [-0.4, -0.2) is 23.1 Å². The smallest absolute Gasteiger partial charge is 0.0558 e. The highest BCUT2D eigenvalue weighted by molar-refractivity contribution is 5.77. The summed E-state index contributed by atoms with van der Waals surface area (Å²) in [6.07, 6.45) is -0.956. The molecule has 2 unspecified atom stereocenters. The molecule has 0 aliphatic heterocycles. The van der Waals surface area contributed by atoms with E-state index in [9.17, 15) is 24.9 Å². The van der Waals surface area contributed by atoms with Gasteiger partial charge in [0.2, 0.25) is 0 Å². The summed E-state index contributed by atoms with van der Waals surface area (Å²) < 4.78 is 0. The lowest BCUT2D eigenvalue weighted by Gasteiger charge is -2.47. The average Bonchev–Trinajstić information content (AvgIpc) is 2.00. The molecule has 1 N–H and O–H groups in total. The fourth-order valence-electron chi connectivity index (χ4n) is 2.43. The van der Waals surface area contributed by atoms with Crippen LogP contribution < -0.4 is 10.2 Å². The van der Waals surface area contributed by atoms with Crippen LogP contribution in [0.3, 0.4) is 0 Å². The lowest BCUT2D eigenvalue weighted by molar-refractivity contribution is -0.331. The van der Waals surface area contributed by atoms with Crippen LogP contribution in [0.5, 0.6) is 0 Å². The number of hydrogen-bond donors (Lipinski definition) is 1. The number of carbonyl (C=O) groups is 2. The number of rotatable bonds is 2. The summed E-state index contributed by atoms with van der Waals surface area (Å²) in [5.41, 5.74) is -2.60. The molecule has 1 rings (SSSR count). The Morgan fingerprint density at radius 3 is 1.73 bits per heavy atom. The van der Waals surface area contributed by atoms with Gasteiger partial charge < -0.3 is 24.9 Å². The van der Waals surface area contributed by atoms with Crippen LogP contribution in [0.15, 0.2) is 0 Å². The quantitative estimate of drug-likeness (QED) is 0.575. The monoisotopic (exact) mass is 214 g/mol. The molecule has 0 saturated heterocycles. The molecule has 0 spiro atoms. The first-order valence-electron chi connectivity index (χ1n) is 4.81. The van der Waals surface area contributed by atoms with E-state index >= 15 is 0 Å². The lowest BCUT2D eigenvalue weighted by Crippen LogP contribution is -2.54. The minimum atomic E-state index is -1.33. The van der Waals surface area contributed by atoms with Gasteiger partial charge in [-0.05, 0) is 19.3 Å². The second kappa shape index (κ2) is 3.48. The molecule has 5 nitrogen and oxygen atoms in total. The van der Waals surface area contributed by atoms with Crippen LogP contribution in [0.2, 0.25) is 0 Å². The number of aliphatic hydroxyl groups is 1. The second-order valence-electron chi connectivity index (χ2n) is 4.94. The molecule has 0 bridgehead atoms. The Hall–Kier alpha value is -1.10. The minimum absolute atomic E-state index is 0.0260. The van der Waals surface area contributed by atoms with Crippen molar-refractivity contribution < 1.29 is 24.9 Å². The Kier molecular flexibility index (Phi) is 2.78. The van der Waals surface area contributed by atoms with Gasteiger partial charge in [-0.2, -0.15) is 0 Å². The third-order valence-electron chi connectivity index (χ3n) is 3.14. The first-order valence-corrected chi connectivity index (χ1v) is 4.81. The Bertz CT molecular complexity index is 272. The fraction of sp³-hybridized carbons (Fsp3) is 0.800. The van der Waals surface area contributed by atoms with Gasteiger partial charge in [0.15, 0.2) is 0 Å². The summed E-state index contributed by atoms with van der Waals surface area (Å²) in [6.45, 7) is 2.79. The molecule has 86 valence electrons. The van der Waals surface area contributed by atoms with E-state index in [1.54, 1.807) is 0 Å². The first-order chi connectivity index (χ1) is 6.69. The maximum absolute atomic E-state index is 10.9. The van der Waals surface area contributed by atoms with Gasteiger partial charge in [0.25, 0.3) is 0 Å². The van der Waals surface area contributed by atoms with Gasteiger partial charge in [-0.1, -0.05) is 13.8 Å². The molecular weight excluding hydrogens is 200 g/mol. The number of aliphatic carboxylic acids is 2. The predicted octanol–water partition coefficient (Wildman–Crippen LogP) is -1.96. The molecule has 0 aromatic heterocycles. The zero-order chi connectivity index (χ0) is 11.9. The molecule has 1 saturated carbocycles. The average molecular weight is 214 g/mol. The molecule has 5 heteroatoms. The number of carbonyl (C=O) groups excluding carboxylic acids is 2. The molecular formula is C10H14O5-2. The van der Waals surface area contributed by atoms with Crippen molar-refractivity contribution in [1.82, 2.24) is 0 Å². The summed E-state index contributed by atoms with van der Waals surface area (Å²) in [4.78, 5) is 21.8. The van der Waals surface area contributed by atoms with Crippen LogP contribution in [0, 0.1) is 10.8 Å². The number of carboxylic acid groups (broad SMARTS) is 2. The summed E-state index contributed by atoms with van der Waals surface area (Å²) >= 11 is 0. The van der Waals surface area contributed by atoms with Crippen molar-refractivity contribution in [3.05, 3.63) is 0 Å². The highest BCUT2D eigenvalue weighted by atomic mass is 16.4. The van der Waals surface area contributed by atoms with Crippen molar-refractivity contribution in [3.63, 3.8) is 0 Å². The Morgan fingerprint density at radius 1 is 1.13 bits per heavy atom. The fourth-order valence-corrected chi connectivity index (χ4v) is 2.43. The van der Waals surface area contributed by atoms with E-state index in [0.717, 1.165) is 0 Å². The van der Waals surface area contributed by atoms with Gasteiger partial charge in [-0.3, -0.25) is 0 Å². The highest BCUT2D eigenvalue weighted by Gasteiger charge is 2.44. The van der Waals surface area contributed by atoms with E-state index < -0.39 is 28.9 Å². The summed E-state index contributed by atoms with van der Waals surface area (Å²) in [5, 5.41) is 31.3. The van der Waals surface area contributed by atoms with Crippen molar-refractivity contribution in [2.75, 3.05) is 0 Å². The maximum Gasteiger partial charge on any atom is 0.0558 e. The largest absolute Gasteiger partial charge is 0.550 e. The van der Waals surface area contributed by atoms with E-state index in [-0.39, 0.29) is 19.3 Å². The Balaban J connectivity index is 2.99. The Labute approximate surface area is 87.7 Å². The second-order valence-corrected chi connectivity index (χ2v) is 4.94. The molecule has 2 atom stereocenters. The molecule has 1 fully saturated rings. The maximum atomic E-state index is 10.9. The standard InChI is InChI=1S/C10H16O5/c1-9(7(12)13)3-6(11)4-10(2,5-9)8(14)15/h6,11H,3-5H2,1-2H3,(H,12,13)(H,14,15)/p-2. The van der Waals surface area contributed by atoms with Crippen LogP contribution in [0.1, 0.15) is 33.1 Å². The molecule has 1 aliphatic rings. The van der Waals surface area contributed by atoms with Crippen molar-refractivity contribution in [2.45, 2.75) is 39.2 Å². The van der Waals surface area contributed by atoms with Gasteiger partial charge in [-0.15, -0.1) is 0 Å². The topological polar surface area (TPSA) is 100 Å². The lowest BCUT2D eigenvalue weighted by atomic mass is 9.62. The summed E-state index contributed by atoms with van der Waals surface area (Å²) in [5.74, 6) is -2.65. The summed E-state index contributed by atoms with van der Waals surface area (Å²) in [7, 11) is 0. The van der Waals surface area contributed by atoms with Crippen molar-refractivity contribution in [2.24, 2.45) is 10.8 Å². The van der Waals surface area contributed by atoms with Crippen LogP contribution in [0.25, 0.3) is 0 Å². The van der Waals surface area contributed by atoms with Crippen molar-refractivity contribution in [3.8, 4) is 0 Å². The van der Waals surface area contributed by atoms with Gasteiger partial charge >= 0.3 is 0 Å². The third kappa shape index (κ3) is 2.12. The molecule has 0 aromatic carbocycles. The van der Waals surface area contributed by atoms with E-state index in [2.05, 4.69) is 0 Å². The highest BCUT2D eigenvalue weighted by Crippen LogP contribution is 2.45. The number of hydrogen-bond acceptors (Lipinski definition) is 5. The Morgan fingerprint density at radius 2 is 1.47 bits per heavy atom. The van der Waals surface area contributed by atoms with E-state index in [4.69, 9.17) is 0 Å². The number of aliphatic hydroxyl groups excluding tert-OH is 1. The minimum Gasteiger partial charge on any atom is -0.550 e. The molecule has 0 amide bonds. The molecule has 0 radical (unpaired) electrons. The van der Waals surface area contributed by atoms with E-state index in [1.807, 2.05) is 0 Å². The zero-order valence-corrected chi connectivity index (χ0v) is 8.78. The van der Waals surface area contributed by atoms with Crippen molar-refractivity contribution in [1.29, 1.82) is 0 Å². The first kappa shape index (κ1) is 12.0. The van der Waals surface area contributed by atoms with Gasteiger partial charge in [0, 0.05) is 22.8 Å².